The van der Waals surface area contributed by atoms with Crippen molar-refractivity contribution in [1.29, 1.82) is 0 Å². The molecule has 1 amide bonds. The summed E-state index contributed by atoms with van der Waals surface area (Å²) >= 11 is 6.56. The van der Waals surface area contributed by atoms with Gasteiger partial charge >= 0.3 is 12.0 Å². The molecule has 3 heterocycles. The van der Waals surface area contributed by atoms with Crippen molar-refractivity contribution in [3.63, 3.8) is 0 Å². The maximum atomic E-state index is 13.6. The first kappa shape index (κ1) is 25.7. The van der Waals surface area contributed by atoms with Crippen LogP contribution < -0.4 is 20.7 Å². The van der Waals surface area contributed by atoms with Crippen LogP contribution in [0.5, 0.6) is 5.75 Å². The van der Waals surface area contributed by atoms with Crippen LogP contribution in [-0.4, -0.2) is 40.0 Å². The number of methoxy groups -OCH3 is 1. The second-order valence-electron chi connectivity index (χ2n) is 8.38. The SMILES string of the molecule is COc1ccc([C@@H]2N=C(Nc3nc4ccc(F)cc4o3)NC(C)=C2C(=O)Nc2cc(C(=O)O)ccn2)c(Cl)c1. The number of aromatic nitrogens is 2. The van der Waals surface area contributed by atoms with Gasteiger partial charge in [-0.3, -0.25) is 10.1 Å². The van der Waals surface area contributed by atoms with Crippen molar-refractivity contribution in [1.82, 2.24) is 15.3 Å². The molecule has 13 heteroatoms. The van der Waals surface area contributed by atoms with Gasteiger partial charge in [-0.15, -0.1) is 0 Å². The van der Waals surface area contributed by atoms with E-state index in [4.69, 9.17) is 20.8 Å². The molecule has 198 valence electrons. The Morgan fingerprint density at radius 2 is 2.00 bits per heavy atom. The van der Waals surface area contributed by atoms with Gasteiger partial charge in [-0.05, 0) is 43.3 Å². The van der Waals surface area contributed by atoms with Gasteiger partial charge in [0, 0.05) is 28.5 Å². The lowest BCUT2D eigenvalue weighted by molar-refractivity contribution is -0.113. The van der Waals surface area contributed by atoms with Gasteiger partial charge in [0.25, 0.3) is 5.91 Å². The summed E-state index contributed by atoms with van der Waals surface area (Å²) in [4.78, 5) is 37.8. The van der Waals surface area contributed by atoms with Crippen LogP contribution in [0.1, 0.15) is 28.9 Å². The molecular weight excluding hydrogens is 531 g/mol. The third-order valence-electron chi connectivity index (χ3n) is 5.81. The molecule has 0 aliphatic carbocycles. The highest BCUT2D eigenvalue weighted by atomic mass is 35.5. The number of pyridine rings is 1. The molecule has 0 bridgehead atoms. The van der Waals surface area contributed by atoms with Crippen molar-refractivity contribution in [2.75, 3.05) is 17.7 Å². The highest BCUT2D eigenvalue weighted by Crippen LogP contribution is 2.37. The molecule has 11 nitrogen and oxygen atoms in total. The Morgan fingerprint density at radius 1 is 1.18 bits per heavy atom. The summed E-state index contributed by atoms with van der Waals surface area (Å²) in [5, 5.41) is 18.1. The van der Waals surface area contributed by atoms with Crippen LogP contribution in [0.15, 0.2) is 75.4 Å². The Morgan fingerprint density at radius 3 is 2.74 bits per heavy atom. The maximum Gasteiger partial charge on any atom is 0.335 e. The van der Waals surface area contributed by atoms with E-state index < -0.39 is 23.7 Å². The summed E-state index contributed by atoms with van der Waals surface area (Å²) in [6, 6.07) is 10.6. The highest BCUT2D eigenvalue weighted by Gasteiger charge is 2.31. The van der Waals surface area contributed by atoms with Crippen molar-refractivity contribution in [2.45, 2.75) is 13.0 Å². The van der Waals surface area contributed by atoms with Gasteiger partial charge in [0.1, 0.15) is 28.9 Å². The zero-order valence-corrected chi connectivity index (χ0v) is 21.2. The molecule has 2 aromatic heterocycles. The minimum atomic E-state index is -1.16. The number of carbonyl (C=O) groups excluding carboxylic acids is 1. The number of halogens is 2. The lowest BCUT2D eigenvalue weighted by atomic mass is 9.95. The van der Waals surface area contributed by atoms with Crippen LogP contribution in [0.25, 0.3) is 11.1 Å². The number of carbonyl (C=O) groups is 2. The summed E-state index contributed by atoms with van der Waals surface area (Å²) in [6.07, 6.45) is 1.28. The van der Waals surface area contributed by atoms with Gasteiger partial charge in [-0.2, -0.15) is 4.98 Å². The number of guanidine groups is 1. The van der Waals surface area contributed by atoms with Gasteiger partial charge in [0.05, 0.1) is 18.2 Å². The number of nitrogens with zero attached hydrogens (tertiary/aromatic N) is 3. The number of oxazole rings is 1. The van der Waals surface area contributed by atoms with Crippen LogP contribution in [0, 0.1) is 5.82 Å². The zero-order chi connectivity index (χ0) is 27.7. The van der Waals surface area contributed by atoms with E-state index in [0.717, 1.165) is 0 Å². The molecule has 1 aliphatic rings. The minimum Gasteiger partial charge on any atom is -0.497 e. The van der Waals surface area contributed by atoms with E-state index in [2.05, 4.69) is 30.9 Å². The first-order valence-electron chi connectivity index (χ1n) is 11.4. The number of fused-ring (bicyclic) bond motifs is 1. The number of aromatic carboxylic acids is 1. The van der Waals surface area contributed by atoms with Crippen molar-refractivity contribution >= 4 is 52.4 Å². The molecule has 0 saturated carbocycles. The van der Waals surface area contributed by atoms with E-state index in [1.54, 1.807) is 25.1 Å². The number of benzene rings is 2. The van der Waals surface area contributed by atoms with Crippen molar-refractivity contribution in [3.8, 4) is 5.75 Å². The molecule has 0 saturated heterocycles. The number of hydrogen-bond acceptors (Lipinski definition) is 9. The van der Waals surface area contributed by atoms with Gasteiger partial charge in [0.15, 0.2) is 5.58 Å². The van der Waals surface area contributed by atoms with E-state index in [9.17, 15) is 19.1 Å². The number of nitrogens with one attached hydrogen (secondary N) is 3. The number of allylic oxidation sites excluding steroid dienone is 1. The lowest BCUT2D eigenvalue weighted by Crippen LogP contribution is -2.37. The van der Waals surface area contributed by atoms with E-state index in [1.807, 2.05) is 0 Å². The molecule has 1 aliphatic heterocycles. The first-order chi connectivity index (χ1) is 18.7. The second kappa shape index (κ2) is 10.4. The van der Waals surface area contributed by atoms with Gasteiger partial charge in [-0.25, -0.2) is 19.2 Å². The van der Waals surface area contributed by atoms with Crippen molar-refractivity contribution in [3.05, 3.63) is 88.0 Å². The normalized spacial score (nSPS) is 15.0. The largest absolute Gasteiger partial charge is 0.497 e. The topological polar surface area (TPSA) is 151 Å². The molecule has 4 aromatic rings. The fourth-order valence-corrected chi connectivity index (χ4v) is 4.26. The summed E-state index contributed by atoms with van der Waals surface area (Å²) in [5.74, 6) is -1.45. The average Bonchev–Trinajstić information content (AvgIpc) is 3.29. The number of aliphatic imine (C=N–C) groups is 1. The molecule has 5 rings (SSSR count). The molecule has 0 radical (unpaired) electrons. The molecule has 39 heavy (non-hydrogen) atoms. The Hall–Kier alpha value is -4.97. The fourth-order valence-electron chi connectivity index (χ4n) is 3.98. The monoisotopic (exact) mass is 550 g/mol. The first-order valence-corrected chi connectivity index (χ1v) is 11.8. The predicted molar refractivity (Wildman–Crippen MR) is 141 cm³/mol. The standard InChI is InChI=1S/C26H20ClFN6O5/c1-12-21(23(35)32-20-9-13(24(36)37)7-8-29-20)22(16-5-4-15(38-2)11-17(16)27)33-25(30-12)34-26-31-18-6-3-14(28)10-19(18)39-26/h3-11,22H,1-2H3,(H,36,37)(H,29,32,35)(H2,30,31,33,34)/t22-/m0/s1. The molecule has 0 unspecified atom stereocenters. The van der Waals surface area contributed by atoms with Crippen LogP contribution in [-0.2, 0) is 4.79 Å². The lowest BCUT2D eigenvalue weighted by Gasteiger charge is -2.27. The molecule has 1 atom stereocenters. The Kier molecular flexibility index (Phi) is 6.86. The number of carboxylic acids is 1. The predicted octanol–water partition coefficient (Wildman–Crippen LogP) is 4.75. The third-order valence-corrected chi connectivity index (χ3v) is 6.14. The van der Waals surface area contributed by atoms with E-state index in [1.165, 1.54) is 43.6 Å². The molecule has 2 aromatic carbocycles. The van der Waals surface area contributed by atoms with Gasteiger partial charge in [-0.1, -0.05) is 17.7 Å². The number of ether oxygens (including phenoxy) is 1. The quantitative estimate of drug-likeness (QED) is 0.266. The Bertz CT molecular complexity index is 1680. The molecular formula is C26H20ClFN6O5. The number of rotatable bonds is 6. The number of amides is 1. The highest BCUT2D eigenvalue weighted by molar-refractivity contribution is 6.31. The van der Waals surface area contributed by atoms with Crippen LogP contribution >= 0.6 is 11.6 Å². The fraction of sp³-hybridized carbons (Fsp3) is 0.115. The van der Waals surface area contributed by atoms with E-state index in [-0.39, 0.29) is 34.5 Å². The van der Waals surface area contributed by atoms with Gasteiger partial charge in [0.2, 0.25) is 5.96 Å². The zero-order valence-electron chi connectivity index (χ0n) is 20.5. The van der Waals surface area contributed by atoms with Crippen LogP contribution in [0.3, 0.4) is 0 Å². The Balaban J connectivity index is 1.50. The third kappa shape index (κ3) is 5.36. The summed E-state index contributed by atoms with van der Waals surface area (Å²) in [6.45, 7) is 1.66. The number of hydrogen-bond donors (Lipinski definition) is 4. The van der Waals surface area contributed by atoms with Crippen LogP contribution in [0.4, 0.5) is 16.2 Å². The number of anilines is 2. The number of carboxylic acid groups (broad SMARTS) is 1. The van der Waals surface area contributed by atoms with Crippen molar-refractivity contribution < 1.29 is 28.2 Å². The average molecular weight is 551 g/mol. The molecule has 4 N–H and O–H groups in total. The van der Waals surface area contributed by atoms with E-state index in [0.29, 0.717) is 27.5 Å². The summed E-state index contributed by atoms with van der Waals surface area (Å²) in [5.41, 5.74) is 1.76. The Labute approximate surface area is 225 Å². The van der Waals surface area contributed by atoms with E-state index >= 15 is 0 Å². The summed E-state index contributed by atoms with van der Waals surface area (Å²) < 4.78 is 24.4. The van der Waals surface area contributed by atoms with Crippen LogP contribution in [0.2, 0.25) is 5.02 Å². The minimum absolute atomic E-state index is 0.0368. The smallest absolute Gasteiger partial charge is 0.335 e. The summed E-state index contributed by atoms with van der Waals surface area (Å²) in [7, 11) is 1.50. The molecule has 0 fully saturated rings. The maximum absolute atomic E-state index is 13.6. The second-order valence-corrected chi connectivity index (χ2v) is 8.78. The molecule has 0 spiro atoms. The van der Waals surface area contributed by atoms with Gasteiger partial charge < -0.3 is 24.9 Å². The van der Waals surface area contributed by atoms with Crippen molar-refractivity contribution in [2.24, 2.45) is 4.99 Å².